The largest absolute Gasteiger partial charge is 0.378 e. The molecule has 2 aromatic carbocycles. The summed E-state index contributed by atoms with van der Waals surface area (Å²) < 4.78 is 5.34. The van der Waals surface area contributed by atoms with Crippen molar-refractivity contribution in [2.24, 2.45) is 0 Å². The summed E-state index contributed by atoms with van der Waals surface area (Å²) in [7, 11) is 0. The maximum absolute atomic E-state index is 12.1. The van der Waals surface area contributed by atoms with Crippen LogP contribution >= 0.6 is 0 Å². The molecule has 0 aromatic heterocycles. The molecule has 1 fully saturated rings. The van der Waals surface area contributed by atoms with Crippen LogP contribution in [-0.4, -0.2) is 37.7 Å². The molecule has 0 spiro atoms. The molecule has 1 aliphatic heterocycles. The number of amides is 3. The number of hydrogen-bond acceptors (Lipinski definition) is 4. The van der Waals surface area contributed by atoms with E-state index in [2.05, 4.69) is 21.3 Å². The van der Waals surface area contributed by atoms with E-state index in [-0.39, 0.29) is 18.0 Å². The van der Waals surface area contributed by atoms with Crippen LogP contribution < -0.4 is 21.3 Å². The zero-order valence-corrected chi connectivity index (χ0v) is 14.3. The zero-order chi connectivity index (χ0) is 18.2. The van der Waals surface area contributed by atoms with Gasteiger partial charge in [-0.2, -0.15) is 0 Å². The summed E-state index contributed by atoms with van der Waals surface area (Å²) in [6, 6.07) is 15.9. The van der Waals surface area contributed by atoms with E-state index in [4.69, 9.17) is 4.74 Å². The Kier molecular flexibility index (Phi) is 6.19. The molecule has 136 valence electrons. The maximum atomic E-state index is 12.1. The van der Waals surface area contributed by atoms with Gasteiger partial charge in [-0.25, -0.2) is 4.79 Å². The number of anilines is 3. The summed E-state index contributed by atoms with van der Waals surface area (Å²) in [4.78, 5) is 24.0. The molecule has 3 amide bonds. The highest BCUT2D eigenvalue weighted by molar-refractivity contribution is 6.00. The molecule has 7 heteroatoms. The average molecular weight is 354 g/mol. The van der Waals surface area contributed by atoms with Crippen LogP contribution in [0, 0.1) is 0 Å². The third-order valence-electron chi connectivity index (χ3n) is 3.89. The Balaban J connectivity index is 1.46. The minimum atomic E-state index is -0.323. The Bertz CT molecular complexity index is 728. The standard InChI is InChI=1S/C19H22N4O3/c24-18(12-17-13-26-11-10-20-17)21-15-6-8-16(9-7-15)23-19(25)22-14-4-2-1-3-5-14/h1-9,17,20H,10-13H2,(H,21,24)(H2,22,23,25). The number of para-hydroxylation sites is 1. The van der Waals surface area contributed by atoms with Gasteiger partial charge in [-0.3, -0.25) is 4.79 Å². The zero-order valence-electron chi connectivity index (χ0n) is 14.3. The monoisotopic (exact) mass is 354 g/mol. The van der Waals surface area contributed by atoms with Crippen molar-refractivity contribution in [3.63, 3.8) is 0 Å². The summed E-state index contributed by atoms with van der Waals surface area (Å²) in [5, 5.41) is 11.6. The van der Waals surface area contributed by atoms with Crippen LogP contribution in [0.3, 0.4) is 0 Å². The highest BCUT2D eigenvalue weighted by Gasteiger charge is 2.16. The van der Waals surface area contributed by atoms with Gasteiger partial charge in [0.15, 0.2) is 0 Å². The third kappa shape index (κ3) is 5.58. The van der Waals surface area contributed by atoms with Crippen molar-refractivity contribution in [1.82, 2.24) is 5.32 Å². The Morgan fingerprint density at radius 1 is 0.923 bits per heavy atom. The molecule has 1 atom stereocenters. The lowest BCUT2D eigenvalue weighted by atomic mass is 10.2. The summed E-state index contributed by atoms with van der Waals surface area (Å²) in [6.45, 7) is 2.00. The minimum absolute atomic E-state index is 0.0476. The van der Waals surface area contributed by atoms with Gasteiger partial charge < -0.3 is 26.0 Å². The number of hydrogen-bond donors (Lipinski definition) is 4. The minimum Gasteiger partial charge on any atom is -0.378 e. The van der Waals surface area contributed by atoms with E-state index >= 15 is 0 Å². The number of carbonyl (C=O) groups excluding carboxylic acids is 2. The summed E-state index contributed by atoms with van der Waals surface area (Å²) in [6.07, 6.45) is 0.361. The lowest BCUT2D eigenvalue weighted by molar-refractivity contribution is -0.117. The molecule has 0 bridgehead atoms. The van der Waals surface area contributed by atoms with Crippen LogP contribution in [0.4, 0.5) is 21.9 Å². The first-order valence-electron chi connectivity index (χ1n) is 8.53. The predicted octanol–water partition coefficient (Wildman–Crippen LogP) is 2.65. The number of nitrogens with one attached hydrogen (secondary N) is 4. The van der Waals surface area contributed by atoms with Crippen molar-refractivity contribution in [2.45, 2.75) is 12.5 Å². The second kappa shape index (κ2) is 8.98. The van der Waals surface area contributed by atoms with Crippen molar-refractivity contribution in [2.75, 3.05) is 35.7 Å². The molecular formula is C19H22N4O3. The summed E-state index contributed by atoms with van der Waals surface area (Å²) >= 11 is 0. The molecule has 1 aliphatic rings. The Labute approximate surface area is 152 Å². The van der Waals surface area contributed by atoms with E-state index in [1.54, 1.807) is 24.3 Å². The topological polar surface area (TPSA) is 91.5 Å². The fourth-order valence-electron chi connectivity index (χ4n) is 2.64. The van der Waals surface area contributed by atoms with Gasteiger partial charge >= 0.3 is 6.03 Å². The fraction of sp³-hybridized carbons (Fsp3) is 0.263. The lowest BCUT2D eigenvalue weighted by Crippen LogP contribution is -2.43. The molecule has 26 heavy (non-hydrogen) atoms. The first-order chi connectivity index (χ1) is 12.7. The Morgan fingerprint density at radius 2 is 1.54 bits per heavy atom. The van der Waals surface area contributed by atoms with E-state index in [0.29, 0.717) is 36.7 Å². The van der Waals surface area contributed by atoms with Gasteiger partial charge in [0.25, 0.3) is 0 Å². The van der Waals surface area contributed by atoms with E-state index < -0.39 is 0 Å². The van der Waals surface area contributed by atoms with Crippen LogP contribution in [0.25, 0.3) is 0 Å². The van der Waals surface area contributed by atoms with Gasteiger partial charge in [0.05, 0.1) is 13.2 Å². The number of carbonyl (C=O) groups is 2. The molecule has 1 saturated heterocycles. The normalized spacial score (nSPS) is 16.5. The highest BCUT2D eigenvalue weighted by atomic mass is 16.5. The predicted molar refractivity (Wildman–Crippen MR) is 101 cm³/mol. The number of urea groups is 1. The van der Waals surface area contributed by atoms with Crippen molar-refractivity contribution < 1.29 is 14.3 Å². The quantitative estimate of drug-likeness (QED) is 0.664. The molecule has 0 saturated carbocycles. The van der Waals surface area contributed by atoms with E-state index in [0.717, 1.165) is 6.54 Å². The van der Waals surface area contributed by atoms with Crippen molar-refractivity contribution >= 4 is 29.0 Å². The molecule has 2 aromatic rings. The third-order valence-corrected chi connectivity index (χ3v) is 3.89. The molecule has 7 nitrogen and oxygen atoms in total. The van der Waals surface area contributed by atoms with Crippen LogP contribution in [-0.2, 0) is 9.53 Å². The molecule has 0 aliphatic carbocycles. The smallest absolute Gasteiger partial charge is 0.323 e. The van der Waals surface area contributed by atoms with Crippen LogP contribution in [0.15, 0.2) is 54.6 Å². The first-order valence-corrected chi connectivity index (χ1v) is 8.53. The SMILES string of the molecule is O=C(CC1COCCN1)Nc1ccc(NC(=O)Nc2ccccc2)cc1. The van der Waals surface area contributed by atoms with Crippen molar-refractivity contribution in [3.05, 3.63) is 54.6 Å². The van der Waals surface area contributed by atoms with Gasteiger partial charge in [-0.1, -0.05) is 18.2 Å². The molecule has 1 unspecified atom stereocenters. The number of ether oxygens (including phenoxy) is 1. The highest BCUT2D eigenvalue weighted by Crippen LogP contribution is 2.15. The Morgan fingerprint density at radius 3 is 2.15 bits per heavy atom. The maximum Gasteiger partial charge on any atom is 0.323 e. The summed E-state index contributed by atoms with van der Waals surface area (Å²) in [5.41, 5.74) is 2.04. The lowest BCUT2D eigenvalue weighted by Gasteiger charge is -2.23. The number of morpholine rings is 1. The van der Waals surface area contributed by atoms with Gasteiger partial charge in [-0.15, -0.1) is 0 Å². The molecule has 0 radical (unpaired) electrons. The van der Waals surface area contributed by atoms with E-state index in [1.165, 1.54) is 0 Å². The Hall–Kier alpha value is -2.90. The van der Waals surface area contributed by atoms with Gasteiger partial charge in [0.2, 0.25) is 5.91 Å². The number of benzene rings is 2. The second-order valence-corrected chi connectivity index (χ2v) is 6.00. The van der Waals surface area contributed by atoms with Gasteiger partial charge in [-0.05, 0) is 36.4 Å². The molecule has 4 N–H and O–H groups in total. The van der Waals surface area contributed by atoms with Crippen LogP contribution in [0.2, 0.25) is 0 Å². The molecule has 1 heterocycles. The van der Waals surface area contributed by atoms with Crippen molar-refractivity contribution in [1.29, 1.82) is 0 Å². The van der Waals surface area contributed by atoms with Gasteiger partial charge in [0, 0.05) is 36.1 Å². The molecular weight excluding hydrogens is 332 g/mol. The molecule has 3 rings (SSSR count). The second-order valence-electron chi connectivity index (χ2n) is 6.00. The fourth-order valence-corrected chi connectivity index (χ4v) is 2.64. The first kappa shape index (κ1) is 17.9. The van der Waals surface area contributed by atoms with Crippen LogP contribution in [0.5, 0.6) is 0 Å². The number of rotatable bonds is 5. The summed E-state index contributed by atoms with van der Waals surface area (Å²) in [5.74, 6) is -0.0736. The van der Waals surface area contributed by atoms with Crippen molar-refractivity contribution in [3.8, 4) is 0 Å². The van der Waals surface area contributed by atoms with E-state index in [1.807, 2.05) is 30.3 Å². The average Bonchev–Trinajstić information content (AvgIpc) is 2.65. The van der Waals surface area contributed by atoms with E-state index in [9.17, 15) is 9.59 Å². The van der Waals surface area contributed by atoms with Crippen LogP contribution in [0.1, 0.15) is 6.42 Å². The van der Waals surface area contributed by atoms with Gasteiger partial charge in [0.1, 0.15) is 0 Å².